The Balaban J connectivity index is 1.67. The molecule has 0 unspecified atom stereocenters. The second-order valence-corrected chi connectivity index (χ2v) is 13.8. The second-order valence-electron chi connectivity index (χ2n) is 12.2. The molecule has 0 radical (unpaired) electrons. The maximum Gasteiger partial charge on any atom is 0.267 e. The summed E-state index contributed by atoms with van der Waals surface area (Å²) in [5.74, 6) is -0.434. The number of aromatic nitrogens is 2. The summed E-state index contributed by atoms with van der Waals surface area (Å²) in [6.07, 6.45) is 4.72. The van der Waals surface area contributed by atoms with E-state index in [1.165, 1.54) is 24.8 Å². The first-order valence-electron chi connectivity index (χ1n) is 15.8. The molecule has 2 amide bonds. The zero-order valence-corrected chi connectivity index (χ0v) is 28.6. The maximum atomic E-state index is 14.4. The van der Waals surface area contributed by atoms with E-state index in [-0.39, 0.29) is 65.2 Å². The van der Waals surface area contributed by atoms with E-state index in [0.29, 0.717) is 24.3 Å². The summed E-state index contributed by atoms with van der Waals surface area (Å²) in [4.78, 5) is 34.6. The van der Waals surface area contributed by atoms with E-state index in [2.05, 4.69) is 14.9 Å². The molecule has 47 heavy (non-hydrogen) atoms. The van der Waals surface area contributed by atoms with E-state index in [0.717, 1.165) is 12.8 Å². The monoisotopic (exact) mass is 671 g/mol. The van der Waals surface area contributed by atoms with E-state index in [1.54, 1.807) is 55.5 Å². The van der Waals surface area contributed by atoms with Gasteiger partial charge in [-0.1, -0.05) is 12.1 Å². The fraction of sp³-hybridized carbons (Fsp3) is 0.515. The minimum absolute atomic E-state index is 0.0726. The summed E-state index contributed by atoms with van der Waals surface area (Å²) in [5, 5.41) is 14.0. The first-order chi connectivity index (χ1) is 22.3. The number of carbonyl (C=O) groups excluding carboxylic acids is 2. The first kappa shape index (κ1) is 35.8. The highest BCUT2D eigenvalue weighted by atomic mass is 32.2. The van der Waals surface area contributed by atoms with Crippen molar-refractivity contribution in [1.29, 1.82) is 0 Å². The van der Waals surface area contributed by atoms with Crippen LogP contribution in [0.1, 0.15) is 72.2 Å². The molecule has 2 N–H and O–H groups in total. The molecule has 3 heterocycles. The fourth-order valence-corrected chi connectivity index (χ4v) is 6.96. The highest BCUT2D eigenvalue weighted by Crippen LogP contribution is 2.30. The predicted octanol–water partition coefficient (Wildman–Crippen LogP) is 4.05. The number of fused-ring (bicyclic) bond motifs is 1. The van der Waals surface area contributed by atoms with E-state index >= 15 is 0 Å². The van der Waals surface area contributed by atoms with Gasteiger partial charge in [-0.2, -0.15) is 0 Å². The minimum Gasteiger partial charge on any atom is -0.490 e. The van der Waals surface area contributed by atoms with Crippen molar-refractivity contribution in [1.82, 2.24) is 19.9 Å². The molecule has 0 saturated heterocycles. The van der Waals surface area contributed by atoms with Crippen molar-refractivity contribution in [3.8, 4) is 5.75 Å². The molecule has 256 valence electrons. The maximum absolute atomic E-state index is 14.4. The Hall–Kier alpha value is -4.01. The van der Waals surface area contributed by atoms with Crippen molar-refractivity contribution in [3.05, 3.63) is 65.3 Å². The molecule has 0 bridgehead atoms. The quantitative estimate of drug-likeness (QED) is 0.357. The molecule has 0 spiro atoms. The van der Waals surface area contributed by atoms with Gasteiger partial charge in [0.15, 0.2) is 10.7 Å². The molecular weight excluding hydrogens is 626 g/mol. The normalized spacial score (nSPS) is 20.4. The third kappa shape index (κ3) is 8.87. The van der Waals surface area contributed by atoms with Crippen LogP contribution in [0.4, 0.5) is 5.69 Å². The number of aliphatic hydroxyl groups is 1. The first-order valence-corrected chi connectivity index (χ1v) is 17.3. The van der Waals surface area contributed by atoms with Gasteiger partial charge in [-0.05, 0) is 77.3 Å². The van der Waals surface area contributed by atoms with Crippen LogP contribution in [-0.2, 0) is 14.8 Å². The second kappa shape index (κ2) is 15.7. The third-order valence-corrected chi connectivity index (χ3v) is 9.89. The van der Waals surface area contributed by atoms with Crippen molar-refractivity contribution in [2.24, 2.45) is 5.92 Å². The van der Waals surface area contributed by atoms with Gasteiger partial charge in [0.1, 0.15) is 11.4 Å². The summed E-state index contributed by atoms with van der Waals surface area (Å²) in [6.45, 7) is 9.25. The highest BCUT2D eigenvalue weighted by Gasteiger charge is 2.32. The number of aliphatic hydroxyl groups excluding tert-OH is 1. The number of benzene rings is 1. The number of likely N-dealkylation sites (N-methyl/N-ethyl adjacent to an activating group) is 1. The van der Waals surface area contributed by atoms with Gasteiger partial charge in [0.2, 0.25) is 0 Å². The zero-order chi connectivity index (χ0) is 34.3. The van der Waals surface area contributed by atoms with Crippen molar-refractivity contribution >= 4 is 27.5 Å². The van der Waals surface area contributed by atoms with Gasteiger partial charge in [-0.3, -0.25) is 19.3 Å². The summed E-state index contributed by atoms with van der Waals surface area (Å²) in [5.41, 5.74) is 1.01. The Morgan fingerprint density at radius 3 is 2.55 bits per heavy atom. The number of hydrogen-bond donors (Lipinski definition) is 2. The Morgan fingerprint density at radius 1 is 1.17 bits per heavy atom. The SMILES string of the molecule is Cc1noc(C)c1S(=O)(=O)Nc1ccc2c(c1)C(=O)N([C@H](C)CO)C[C@H](C)[C@H](CN(C)C(=O)c1ccncc1)OCCCC[C@H](C)O2. The van der Waals surface area contributed by atoms with E-state index in [4.69, 9.17) is 14.0 Å². The van der Waals surface area contributed by atoms with Crippen LogP contribution in [0.15, 0.2) is 52.1 Å². The Kier molecular flexibility index (Phi) is 12.0. The molecule has 0 aliphatic carbocycles. The van der Waals surface area contributed by atoms with Gasteiger partial charge in [0.25, 0.3) is 21.8 Å². The van der Waals surface area contributed by atoms with E-state index < -0.39 is 28.1 Å². The number of ether oxygens (including phenoxy) is 2. The van der Waals surface area contributed by atoms with Crippen LogP contribution < -0.4 is 9.46 Å². The average Bonchev–Trinajstić information content (AvgIpc) is 3.40. The number of nitrogens with zero attached hydrogens (tertiary/aromatic N) is 4. The van der Waals surface area contributed by atoms with Crippen molar-refractivity contribution < 1.29 is 37.1 Å². The van der Waals surface area contributed by atoms with Crippen molar-refractivity contribution in [2.75, 3.05) is 38.1 Å². The number of anilines is 1. The summed E-state index contributed by atoms with van der Waals surface area (Å²) in [6, 6.07) is 7.29. The van der Waals surface area contributed by atoms with Gasteiger partial charge in [0, 0.05) is 56.3 Å². The zero-order valence-electron chi connectivity index (χ0n) is 27.8. The number of aryl methyl sites for hydroxylation is 2. The fourth-order valence-electron chi connectivity index (χ4n) is 5.58. The predicted molar refractivity (Wildman–Crippen MR) is 175 cm³/mol. The van der Waals surface area contributed by atoms with Gasteiger partial charge in [-0.25, -0.2) is 8.42 Å². The average molecular weight is 672 g/mol. The van der Waals surface area contributed by atoms with Crippen LogP contribution in [0.5, 0.6) is 5.75 Å². The molecule has 0 saturated carbocycles. The van der Waals surface area contributed by atoms with Crippen LogP contribution in [-0.4, -0.2) is 96.9 Å². The van der Waals surface area contributed by atoms with Crippen LogP contribution in [0.25, 0.3) is 0 Å². The molecular formula is C33H45N5O8S. The molecule has 1 aromatic carbocycles. The number of rotatable bonds is 8. The standard InChI is InChI=1S/C33H45N5O8S/c1-21-18-38(22(2)20-39)33(41)28-17-27(36-47(42,43)31-24(4)35-46-25(31)5)10-11-29(28)45-23(3)9-7-8-16-44-30(21)19-37(6)32(40)26-12-14-34-15-13-26/h10-15,17,21-23,30,36,39H,7-9,16,18-20H2,1-6H3/t21-,22+,23-,30-/m0/s1. The molecule has 1 aliphatic rings. The summed E-state index contributed by atoms with van der Waals surface area (Å²) in [7, 11) is -2.38. The van der Waals surface area contributed by atoms with Crippen LogP contribution >= 0.6 is 0 Å². The van der Waals surface area contributed by atoms with Gasteiger partial charge in [-0.15, -0.1) is 0 Å². The van der Waals surface area contributed by atoms with Crippen LogP contribution in [0, 0.1) is 19.8 Å². The number of nitrogens with one attached hydrogen (secondary N) is 1. The molecule has 4 atom stereocenters. The van der Waals surface area contributed by atoms with Gasteiger partial charge >= 0.3 is 0 Å². The smallest absolute Gasteiger partial charge is 0.267 e. The van der Waals surface area contributed by atoms with E-state index in [1.807, 2.05) is 13.8 Å². The topological polar surface area (TPSA) is 164 Å². The molecule has 1 aliphatic heterocycles. The molecule has 13 nitrogen and oxygen atoms in total. The lowest BCUT2D eigenvalue weighted by molar-refractivity contribution is -0.0149. The number of hydrogen-bond acceptors (Lipinski definition) is 10. The lowest BCUT2D eigenvalue weighted by Crippen LogP contribution is -2.48. The van der Waals surface area contributed by atoms with Crippen LogP contribution in [0.3, 0.4) is 0 Å². The number of sulfonamides is 1. The molecule has 0 fully saturated rings. The molecule has 4 rings (SSSR count). The number of pyridine rings is 1. The molecule has 14 heteroatoms. The van der Waals surface area contributed by atoms with Crippen LogP contribution in [0.2, 0.25) is 0 Å². The summed E-state index contributed by atoms with van der Waals surface area (Å²) < 4.78 is 46.8. The Bertz CT molecular complexity index is 1610. The molecule has 3 aromatic rings. The van der Waals surface area contributed by atoms with E-state index in [9.17, 15) is 23.1 Å². The van der Waals surface area contributed by atoms with Gasteiger partial charge < -0.3 is 28.9 Å². The lowest BCUT2D eigenvalue weighted by Gasteiger charge is -2.36. The van der Waals surface area contributed by atoms with Crippen molar-refractivity contribution in [2.45, 2.75) is 77.0 Å². The van der Waals surface area contributed by atoms with Gasteiger partial charge in [0.05, 0.1) is 30.4 Å². The van der Waals surface area contributed by atoms with Crippen molar-refractivity contribution in [3.63, 3.8) is 0 Å². The minimum atomic E-state index is -4.09. The number of amides is 2. The lowest BCUT2D eigenvalue weighted by atomic mass is 10.0. The number of carbonyl (C=O) groups is 2. The molecule has 2 aromatic heterocycles. The third-order valence-electron chi connectivity index (χ3n) is 8.27. The summed E-state index contributed by atoms with van der Waals surface area (Å²) >= 11 is 0. The highest BCUT2D eigenvalue weighted by molar-refractivity contribution is 7.92. The Labute approximate surface area is 276 Å². The Morgan fingerprint density at radius 2 is 1.89 bits per heavy atom. The largest absolute Gasteiger partial charge is 0.490 e.